The van der Waals surface area contributed by atoms with Crippen LogP contribution in [0.15, 0.2) is 48.7 Å². The Morgan fingerprint density at radius 1 is 0.929 bits per heavy atom. The van der Waals surface area contributed by atoms with E-state index in [4.69, 9.17) is 14.2 Å². The van der Waals surface area contributed by atoms with Gasteiger partial charge in [-0.15, -0.1) is 0 Å². The number of Topliss-reactive ketones (excluding diaryl/α,β-unsaturated/α-hetero) is 1. The summed E-state index contributed by atoms with van der Waals surface area (Å²) in [5, 5.41) is 4.47. The van der Waals surface area contributed by atoms with Gasteiger partial charge in [-0.3, -0.25) is 4.79 Å². The first-order valence-corrected chi connectivity index (χ1v) is 9.12. The molecule has 1 aliphatic rings. The van der Waals surface area contributed by atoms with Gasteiger partial charge in [-0.1, -0.05) is 24.3 Å². The Kier molecular flexibility index (Phi) is 4.77. The maximum atomic E-state index is 12.8. The number of methoxy groups -OCH3 is 3. The van der Waals surface area contributed by atoms with Gasteiger partial charge in [0.2, 0.25) is 5.75 Å². The monoisotopic (exact) mass is 378 g/mol. The molecule has 0 unspecified atom stereocenters. The van der Waals surface area contributed by atoms with Crippen LogP contribution in [0.4, 0.5) is 0 Å². The molecule has 0 bridgehead atoms. The predicted molar refractivity (Wildman–Crippen MR) is 105 cm³/mol. The molecule has 0 amide bonds. The lowest BCUT2D eigenvalue weighted by atomic mass is 9.82. The Hall–Kier alpha value is -3.28. The standard InChI is InChI=1S/C22H22N2O4/c1-26-20-10-9-16(21(27-2)22(20)28-3)14-11-18-17(19(25)12-14)13-23-24(18)15-7-5-4-6-8-15/h4-10,13-14H,11-12H2,1-3H3/t14-/m1/s1. The maximum absolute atomic E-state index is 12.8. The number of fused-ring (bicyclic) bond motifs is 1. The molecule has 0 fully saturated rings. The summed E-state index contributed by atoms with van der Waals surface area (Å²) in [6.45, 7) is 0. The lowest BCUT2D eigenvalue weighted by molar-refractivity contribution is 0.0963. The first-order valence-electron chi connectivity index (χ1n) is 9.12. The molecule has 0 saturated carbocycles. The highest BCUT2D eigenvalue weighted by Crippen LogP contribution is 2.45. The highest BCUT2D eigenvalue weighted by atomic mass is 16.5. The molecule has 0 N–H and O–H groups in total. The van der Waals surface area contributed by atoms with Gasteiger partial charge in [0.05, 0.1) is 44.5 Å². The SMILES string of the molecule is COc1ccc([C@H]2CC(=O)c3cnn(-c4ccccc4)c3C2)c(OC)c1OC. The van der Waals surface area contributed by atoms with E-state index in [0.29, 0.717) is 35.7 Å². The van der Waals surface area contributed by atoms with E-state index in [1.807, 2.05) is 47.1 Å². The number of ketones is 1. The van der Waals surface area contributed by atoms with E-state index in [2.05, 4.69) is 5.10 Å². The molecular weight excluding hydrogens is 356 g/mol. The van der Waals surface area contributed by atoms with Crippen molar-refractivity contribution in [3.63, 3.8) is 0 Å². The molecule has 6 nitrogen and oxygen atoms in total. The third kappa shape index (κ3) is 2.91. The highest BCUT2D eigenvalue weighted by Gasteiger charge is 2.33. The van der Waals surface area contributed by atoms with Crippen molar-refractivity contribution in [1.29, 1.82) is 0 Å². The number of carbonyl (C=O) groups is 1. The fourth-order valence-electron chi connectivity index (χ4n) is 3.90. The van der Waals surface area contributed by atoms with E-state index in [1.54, 1.807) is 27.5 Å². The molecular formula is C22H22N2O4. The summed E-state index contributed by atoms with van der Waals surface area (Å²) in [7, 11) is 4.77. The van der Waals surface area contributed by atoms with Gasteiger partial charge in [0.25, 0.3) is 0 Å². The second kappa shape index (κ2) is 7.38. The van der Waals surface area contributed by atoms with Crippen LogP contribution in [0.25, 0.3) is 5.69 Å². The third-order valence-corrected chi connectivity index (χ3v) is 5.22. The molecule has 2 aromatic carbocycles. The van der Waals surface area contributed by atoms with Gasteiger partial charge in [0, 0.05) is 17.9 Å². The van der Waals surface area contributed by atoms with Gasteiger partial charge in [-0.05, 0) is 24.6 Å². The fraction of sp³-hybridized carbons (Fsp3) is 0.273. The van der Waals surface area contributed by atoms with E-state index in [-0.39, 0.29) is 11.7 Å². The van der Waals surface area contributed by atoms with Crippen LogP contribution in [0, 0.1) is 0 Å². The Morgan fingerprint density at radius 2 is 1.68 bits per heavy atom. The molecule has 144 valence electrons. The Balaban J connectivity index is 1.78. The second-order valence-corrected chi connectivity index (χ2v) is 6.70. The minimum Gasteiger partial charge on any atom is -0.493 e. The maximum Gasteiger partial charge on any atom is 0.203 e. The van der Waals surface area contributed by atoms with E-state index < -0.39 is 0 Å². The average molecular weight is 378 g/mol. The number of rotatable bonds is 5. The van der Waals surface area contributed by atoms with Crippen LogP contribution in [0.2, 0.25) is 0 Å². The van der Waals surface area contributed by atoms with Crippen molar-refractivity contribution in [1.82, 2.24) is 9.78 Å². The first-order chi connectivity index (χ1) is 13.7. The molecule has 0 saturated heterocycles. The van der Waals surface area contributed by atoms with Crippen molar-refractivity contribution in [2.75, 3.05) is 21.3 Å². The fourth-order valence-corrected chi connectivity index (χ4v) is 3.90. The molecule has 0 aliphatic heterocycles. The number of ether oxygens (including phenoxy) is 3. The number of benzene rings is 2. The molecule has 1 heterocycles. The van der Waals surface area contributed by atoms with E-state index in [9.17, 15) is 4.79 Å². The number of carbonyl (C=O) groups excluding carboxylic acids is 1. The van der Waals surface area contributed by atoms with Crippen LogP contribution in [0.3, 0.4) is 0 Å². The van der Waals surface area contributed by atoms with Gasteiger partial charge in [-0.25, -0.2) is 4.68 Å². The summed E-state index contributed by atoms with van der Waals surface area (Å²) >= 11 is 0. The minimum absolute atomic E-state index is 0.0334. The van der Waals surface area contributed by atoms with Crippen molar-refractivity contribution in [2.45, 2.75) is 18.8 Å². The van der Waals surface area contributed by atoms with Crippen molar-refractivity contribution in [3.8, 4) is 22.9 Å². The molecule has 4 rings (SSSR count). The summed E-state index contributed by atoms with van der Waals surface area (Å²) in [6, 6.07) is 13.7. The Bertz CT molecular complexity index is 1010. The van der Waals surface area contributed by atoms with Crippen LogP contribution < -0.4 is 14.2 Å². The van der Waals surface area contributed by atoms with E-state index in [0.717, 1.165) is 16.9 Å². The molecule has 1 atom stereocenters. The lowest BCUT2D eigenvalue weighted by Crippen LogP contribution is -2.20. The summed E-state index contributed by atoms with van der Waals surface area (Å²) in [4.78, 5) is 12.8. The van der Waals surface area contributed by atoms with Gasteiger partial charge in [0.1, 0.15) is 0 Å². The largest absolute Gasteiger partial charge is 0.493 e. The van der Waals surface area contributed by atoms with Crippen molar-refractivity contribution < 1.29 is 19.0 Å². The third-order valence-electron chi connectivity index (χ3n) is 5.22. The van der Waals surface area contributed by atoms with Gasteiger partial charge < -0.3 is 14.2 Å². The number of aromatic nitrogens is 2. The number of para-hydroxylation sites is 1. The summed E-state index contributed by atoms with van der Waals surface area (Å²) < 4.78 is 18.4. The van der Waals surface area contributed by atoms with Crippen LogP contribution in [-0.2, 0) is 6.42 Å². The quantitative estimate of drug-likeness (QED) is 0.676. The number of nitrogens with zero attached hydrogens (tertiary/aromatic N) is 2. The zero-order chi connectivity index (χ0) is 19.7. The van der Waals surface area contributed by atoms with Crippen LogP contribution in [0.1, 0.15) is 34.0 Å². The van der Waals surface area contributed by atoms with Gasteiger partial charge in [0.15, 0.2) is 17.3 Å². The highest BCUT2D eigenvalue weighted by molar-refractivity contribution is 5.98. The topological polar surface area (TPSA) is 62.6 Å². The number of hydrogen-bond acceptors (Lipinski definition) is 5. The van der Waals surface area contributed by atoms with E-state index in [1.165, 1.54) is 0 Å². The molecule has 1 aliphatic carbocycles. The lowest BCUT2D eigenvalue weighted by Gasteiger charge is -2.25. The Morgan fingerprint density at radius 3 is 2.36 bits per heavy atom. The number of hydrogen-bond donors (Lipinski definition) is 0. The Labute approximate surface area is 163 Å². The smallest absolute Gasteiger partial charge is 0.203 e. The van der Waals surface area contributed by atoms with Crippen molar-refractivity contribution >= 4 is 5.78 Å². The molecule has 3 aromatic rings. The second-order valence-electron chi connectivity index (χ2n) is 6.70. The zero-order valence-electron chi connectivity index (χ0n) is 16.1. The average Bonchev–Trinajstić information content (AvgIpc) is 3.17. The van der Waals surface area contributed by atoms with E-state index >= 15 is 0 Å². The van der Waals surface area contributed by atoms with Crippen LogP contribution in [0.5, 0.6) is 17.2 Å². The summed E-state index contributed by atoms with van der Waals surface area (Å²) in [5.74, 6) is 1.80. The molecule has 0 radical (unpaired) electrons. The normalized spacial score (nSPS) is 15.8. The van der Waals surface area contributed by atoms with Crippen LogP contribution >= 0.6 is 0 Å². The van der Waals surface area contributed by atoms with Crippen molar-refractivity contribution in [2.24, 2.45) is 0 Å². The first kappa shape index (κ1) is 18.1. The zero-order valence-corrected chi connectivity index (χ0v) is 16.1. The van der Waals surface area contributed by atoms with Gasteiger partial charge >= 0.3 is 0 Å². The molecule has 1 aromatic heterocycles. The molecule has 28 heavy (non-hydrogen) atoms. The van der Waals surface area contributed by atoms with Gasteiger partial charge in [-0.2, -0.15) is 5.10 Å². The minimum atomic E-state index is -0.0334. The summed E-state index contributed by atoms with van der Waals surface area (Å²) in [5.41, 5.74) is 3.49. The molecule has 6 heteroatoms. The van der Waals surface area contributed by atoms with Crippen LogP contribution in [-0.4, -0.2) is 36.9 Å². The summed E-state index contributed by atoms with van der Waals surface area (Å²) in [6.07, 6.45) is 2.76. The molecule has 0 spiro atoms. The van der Waals surface area contributed by atoms with Crippen molar-refractivity contribution in [3.05, 3.63) is 65.5 Å². The predicted octanol–water partition coefficient (Wildman–Crippen LogP) is 3.81.